The molecule has 0 saturated heterocycles. The smallest absolute Gasteiger partial charge is 0.335 e. The summed E-state index contributed by atoms with van der Waals surface area (Å²) in [6.45, 7) is 2.55. The Morgan fingerprint density at radius 2 is 1.84 bits per heavy atom. The molecule has 1 heterocycles. The molecule has 0 spiro atoms. The quantitative estimate of drug-likeness (QED) is 0.845. The molecule has 0 fully saturated rings. The van der Waals surface area contributed by atoms with Gasteiger partial charge in [-0.1, -0.05) is 24.3 Å². The molecule has 5 heteroatoms. The first-order chi connectivity index (χ1) is 12.1. The molecular weight excluding hydrogens is 318 g/mol. The van der Waals surface area contributed by atoms with Crippen molar-refractivity contribution in [3.63, 3.8) is 0 Å². The molecule has 5 nitrogen and oxygen atoms in total. The number of β-amino-alcohol motifs (C(OH)–C–C–N with tert-alkyl or cyclic N) is 1. The molecule has 0 saturated carbocycles. The molecule has 0 aromatic heterocycles. The summed E-state index contributed by atoms with van der Waals surface area (Å²) in [6.07, 6.45) is 1.57. The average Bonchev–Trinajstić information content (AvgIpc) is 2.82. The van der Waals surface area contributed by atoms with Crippen LogP contribution in [-0.4, -0.2) is 46.9 Å². The molecular formula is C20H23NO4. The number of aryl methyl sites for hydroxylation is 1. The Kier molecular flexibility index (Phi) is 5.68. The zero-order valence-electron chi connectivity index (χ0n) is 14.1. The number of benzene rings is 2. The summed E-state index contributed by atoms with van der Waals surface area (Å²) in [6, 6.07) is 14.7. The first-order valence-corrected chi connectivity index (χ1v) is 8.55. The number of aliphatic hydroxyl groups excluding tert-OH is 1. The molecule has 0 bridgehead atoms. The maximum absolute atomic E-state index is 10.8. The van der Waals surface area contributed by atoms with E-state index < -0.39 is 12.1 Å². The van der Waals surface area contributed by atoms with Gasteiger partial charge < -0.3 is 14.9 Å². The minimum absolute atomic E-state index is 0.185. The minimum Gasteiger partial charge on any atom is -0.491 e. The van der Waals surface area contributed by atoms with Gasteiger partial charge in [0.1, 0.15) is 18.5 Å². The summed E-state index contributed by atoms with van der Waals surface area (Å²) in [5.74, 6) is -0.404. The van der Waals surface area contributed by atoms with Crippen LogP contribution in [-0.2, 0) is 13.0 Å². The van der Waals surface area contributed by atoms with E-state index in [4.69, 9.17) is 9.84 Å². The minimum atomic E-state index is -0.965. The lowest BCUT2D eigenvalue weighted by Crippen LogP contribution is -2.35. The number of hydrogen-bond acceptors (Lipinski definition) is 4. The van der Waals surface area contributed by atoms with Crippen molar-refractivity contribution in [3.05, 3.63) is 65.2 Å². The molecule has 1 unspecified atom stereocenters. The molecule has 2 aromatic carbocycles. The van der Waals surface area contributed by atoms with E-state index in [0.717, 1.165) is 25.9 Å². The number of hydrogen-bond donors (Lipinski definition) is 2. The van der Waals surface area contributed by atoms with E-state index in [2.05, 4.69) is 29.2 Å². The summed E-state index contributed by atoms with van der Waals surface area (Å²) < 4.78 is 5.58. The Bertz CT molecular complexity index is 714. The van der Waals surface area contributed by atoms with Crippen LogP contribution in [0.2, 0.25) is 0 Å². The Morgan fingerprint density at radius 1 is 1.12 bits per heavy atom. The molecule has 1 aliphatic rings. The SMILES string of the molecule is O=C(O)c1ccc(OCC(O)CN2CCCc3ccccc3C2)cc1. The van der Waals surface area contributed by atoms with Gasteiger partial charge in [0.05, 0.1) is 5.56 Å². The summed E-state index contributed by atoms with van der Waals surface area (Å²) in [4.78, 5) is 13.1. The highest BCUT2D eigenvalue weighted by molar-refractivity contribution is 5.87. The van der Waals surface area contributed by atoms with E-state index in [0.29, 0.717) is 12.3 Å². The van der Waals surface area contributed by atoms with Gasteiger partial charge in [-0.2, -0.15) is 0 Å². The monoisotopic (exact) mass is 341 g/mol. The standard InChI is InChI=1S/C20H23NO4/c22-18(14-25-19-9-7-16(8-10-19)20(23)24)13-21-11-3-6-15-4-1-2-5-17(15)12-21/h1-2,4-5,7-10,18,22H,3,6,11-14H2,(H,23,24). The zero-order valence-corrected chi connectivity index (χ0v) is 14.1. The van der Waals surface area contributed by atoms with Gasteiger partial charge >= 0.3 is 5.97 Å². The molecule has 2 N–H and O–H groups in total. The fourth-order valence-corrected chi connectivity index (χ4v) is 3.16. The number of carboxylic acids is 1. The van der Waals surface area contributed by atoms with E-state index in [9.17, 15) is 9.90 Å². The first-order valence-electron chi connectivity index (χ1n) is 8.55. The number of carbonyl (C=O) groups is 1. The second-order valence-corrected chi connectivity index (χ2v) is 6.40. The number of ether oxygens (including phenoxy) is 1. The van der Waals surface area contributed by atoms with Crippen LogP contribution < -0.4 is 4.74 Å². The van der Waals surface area contributed by atoms with Crippen molar-refractivity contribution < 1.29 is 19.7 Å². The van der Waals surface area contributed by atoms with Crippen LogP contribution in [0, 0.1) is 0 Å². The van der Waals surface area contributed by atoms with Gasteiger partial charge in [-0.05, 0) is 54.8 Å². The average molecular weight is 341 g/mol. The van der Waals surface area contributed by atoms with E-state index in [-0.39, 0.29) is 12.2 Å². The predicted molar refractivity (Wildman–Crippen MR) is 94.9 cm³/mol. The van der Waals surface area contributed by atoms with Crippen LogP contribution in [0.3, 0.4) is 0 Å². The molecule has 0 aliphatic carbocycles. The topological polar surface area (TPSA) is 70.0 Å². The van der Waals surface area contributed by atoms with Crippen LogP contribution >= 0.6 is 0 Å². The highest BCUT2D eigenvalue weighted by Crippen LogP contribution is 2.19. The zero-order chi connectivity index (χ0) is 17.6. The number of aromatic carboxylic acids is 1. The van der Waals surface area contributed by atoms with Crippen LogP contribution in [0.4, 0.5) is 0 Å². The molecule has 2 aromatic rings. The number of fused-ring (bicyclic) bond motifs is 1. The Morgan fingerprint density at radius 3 is 2.56 bits per heavy atom. The number of nitrogens with zero attached hydrogens (tertiary/aromatic N) is 1. The summed E-state index contributed by atoms with van der Waals surface area (Å²) >= 11 is 0. The lowest BCUT2D eigenvalue weighted by atomic mass is 10.0. The van der Waals surface area contributed by atoms with Crippen LogP contribution in [0.1, 0.15) is 27.9 Å². The van der Waals surface area contributed by atoms with Crippen molar-refractivity contribution >= 4 is 5.97 Å². The van der Waals surface area contributed by atoms with Crippen molar-refractivity contribution in [2.24, 2.45) is 0 Å². The van der Waals surface area contributed by atoms with Gasteiger partial charge in [0.2, 0.25) is 0 Å². The third-order valence-electron chi connectivity index (χ3n) is 4.45. The van der Waals surface area contributed by atoms with Gasteiger partial charge in [-0.25, -0.2) is 4.79 Å². The van der Waals surface area contributed by atoms with E-state index >= 15 is 0 Å². The van der Waals surface area contributed by atoms with Gasteiger partial charge in [-0.15, -0.1) is 0 Å². The van der Waals surface area contributed by atoms with Crippen LogP contribution in [0.25, 0.3) is 0 Å². The predicted octanol–water partition coefficient (Wildman–Crippen LogP) is 2.57. The summed E-state index contributed by atoms with van der Waals surface area (Å²) in [5.41, 5.74) is 2.95. The number of carboxylic acid groups (broad SMARTS) is 1. The second-order valence-electron chi connectivity index (χ2n) is 6.40. The molecule has 132 valence electrons. The molecule has 0 amide bonds. The highest BCUT2D eigenvalue weighted by Gasteiger charge is 2.17. The lowest BCUT2D eigenvalue weighted by Gasteiger charge is -2.23. The normalized spacial score (nSPS) is 15.9. The van der Waals surface area contributed by atoms with Gasteiger partial charge in [0.15, 0.2) is 0 Å². The van der Waals surface area contributed by atoms with E-state index in [1.807, 2.05) is 0 Å². The van der Waals surface area contributed by atoms with Crippen molar-refractivity contribution in [3.8, 4) is 5.75 Å². The molecule has 3 rings (SSSR count). The van der Waals surface area contributed by atoms with Crippen LogP contribution in [0.15, 0.2) is 48.5 Å². The fourth-order valence-electron chi connectivity index (χ4n) is 3.16. The third kappa shape index (κ3) is 4.81. The van der Waals surface area contributed by atoms with Crippen molar-refractivity contribution in [2.45, 2.75) is 25.5 Å². The van der Waals surface area contributed by atoms with Crippen molar-refractivity contribution in [2.75, 3.05) is 19.7 Å². The number of rotatable bonds is 6. The molecule has 1 atom stereocenters. The second kappa shape index (κ2) is 8.14. The van der Waals surface area contributed by atoms with Gasteiger partial charge in [-0.3, -0.25) is 4.90 Å². The van der Waals surface area contributed by atoms with Gasteiger partial charge in [0, 0.05) is 13.1 Å². The van der Waals surface area contributed by atoms with Gasteiger partial charge in [0.25, 0.3) is 0 Å². The molecule has 1 aliphatic heterocycles. The molecule has 0 radical (unpaired) electrons. The Hall–Kier alpha value is -2.37. The summed E-state index contributed by atoms with van der Waals surface area (Å²) in [7, 11) is 0. The Labute approximate surface area is 147 Å². The fraction of sp³-hybridized carbons (Fsp3) is 0.350. The summed E-state index contributed by atoms with van der Waals surface area (Å²) in [5, 5.41) is 19.2. The highest BCUT2D eigenvalue weighted by atomic mass is 16.5. The van der Waals surface area contributed by atoms with Crippen molar-refractivity contribution in [1.82, 2.24) is 4.90 Å². The molecule has 25 heavy (non-hydrogen) atoms. The van der Waals surface area contributed by atoms with Crippen molar-refractivity contribution in [1.29, 1.82) is 0 Å². The largest absolute Gasteiger partial charge is 0.491 e. The number of aliphatic hydroxyl groups is 1. The van der Waals surface area contributed by atoms with E-state index in [1.165, 1.54) is 23.3 Å². The Balaban J connectivity index is 1.50. The maximum atomic E-state index is 10.8. The first kappa shape index (κ1) is 17.5. The van der Waals surface area contributed by atoms with E-state index in [1.54, 1.807) is 12.1 Å². The maximum Gasteiger partial charge on any atom is 0.335 e. The van der Waals surface area contributed by atoms with Crippen LogP contribution in [0.5, 0.6) is 5.75 Å². The lowest BCUT2D eigenvalue weighted by molar-refractivity contribution is 0.0658. The third-order valence-corrected chi connectivity index (χ3v) is 4.45.